The van der Waals surface area contributed by atoms with Crippen LogP contribution < -0.4 is 0 Å². The first kappa shape index (κ1) is 17.8. The van der Waals surface area contributed by atoms with E-state index in [2.05, 4.69) is 16.3 Å². The molecule has 0 radical (unpaired) electrons. The van der Waals surface area contributed by atoms with Crippen LogP contribution in [0.5, 0.6) is 5.75 Å². The minimum atomic E-state index is 0.170. The number of unbranched alkanes of at least 4 members (excludes halogenated alkanes) is 3. The summed E-state index contributed by atoms with van der Waals surface area (Å²) >= 11 is 1.82. The van der Waals surface area contributed by atoms with Crippen LogP contribution >= 0.6 is 11.8 Å². The first-order chi connectivity index (χ1) is 12.2. The highest BCUT2D eigenvalue weighted by Crippen LogP contribution is 2.26. The van der Waals surface area contributed by atoms with Crippen LogP contribution in [-0.2, 0) is 0 Å². The standard InChI is InChI=1S/C19H23N3O2S/c1-14-6-9-19(24)18(12-14)22-20-16-8-7-15(13-17(16)21-22)25-11-5-3-2-4-10-23/h6-9,12-13,23-24H,2-5,10-11H2,1H3. The first-order valence-electron chi connectivity index (χ1n) is 8.58. The summed E-state index contributed by atoms with van der Waals surface area (Å²) in [6.45, 7) is 2.26. The van der Waals surface area contributed by atoms with Gasteiger partial charge in [0.1, 0.15) is 22.5 Å². The van der Waals surface area contributed by atoms with E-state index < -0.39 is 0 Å². The predicted molar refractivity (Wildman–Crippen MR) is 102 cm³/mol. The second-order valence-corrected chi connectivity index (χ2v) is 7.29. The molecule has 0 aliphatic carbocycles. The number of phenolic OH excluding ortho intramolecular Hbond substituents is 1. The van der Waals surface area contributed by atoms with Crippen LogP contribution in [0.4, 0.5) is 0 Å². The lowest BCUT2D eigenvalue weighted by Gasteiger charge is -2.03. The summed E-state index contributed by atoms with van der Waals surface area (Å²) in [5, 5.41) is 27.8. The third-order valence-electron chi connectivity index (χ3n) is 4.02. The van der Waals surface area contributed by atoms with E-state index in [4.69, 9.17) is 5.11 Å². The Labute approximate surface area is 151 Å². The molecular weight excluding hydrogens is 334 g/mol. The minimum Gasteiger partial charge on any atom is -0.506 e. The number of aryl methyl sites for hydroxylation is 1. The number of aromatic hydroxyl groups is 1. The average molecular weight is 357 g/mol. The number of aromatic nitrogens is 3. The summed E-state index contributed by atoms with van der Waals surface area (Å²) in [5.74, 6) is 1.23. The van der Waals surface area contributed by atoms with Gasteiger partial charge in [0.15, 0.2) is 0 Å². The summed E-state index contributed by atoms with van der Waals surface area (Å²) in [6.07, 6.45) is 4.28. The Balaban J connectivity index is 1.70. The molecule has 25 heavy (non-hydrogen) atoms. The van der Waals surface area contributed by atoms with Gasteiger partial charge in [0.2, 0.25) is 0 Å². The van der Waals surface area contributed by atoms with Gasteiger partial charge in [-0.05, 0) is 61.4 Å². The quantitative estimate of drug-likeness (QED) is 0.469. The monoisotopic (exact) mass is 357 g/mol. The molecule has 6 heteroatoms. The number of aliphatic hydroxyl groups is 1. The van der Waals surface area contributed by atoms with Crippen LogP contribution in [0.2, 0.25) is 0 Å². The Hall–Kier alpha value is -2.05. The summed E-state index contributed by atoms with van der Waals surface area (Å²) in [5.41, 5.74) is 3.28. The van der Waals surface area contributed by atoms with E-state index in [0.717, 1.165) is 48.0 Å². The number of phenols is 1. The topological polar surface area (TPSA) is 71.2 Å². The molecule has 3 aromatic rings. The van der Waals surface area contributed by atoms with Gasteiger partial charge in [-0.1, -0.05) is 18.9 Å². The Morgan fingerprint density at radius 1 is 0.960 bits per heavy atom. The lowest BCUT2D eigenvalue weighted by Crippen LogP contribution is -1.99. The zero-order chi connectivity index (χ0) is 17.6. The fourth-order valence-electron chi connectivity index (χ4n) is 2.64. The molecule has 0 spiro atoms. The van der Waals surface area contributed by atoms with Crippen LogP contribution in [0.1, 0.15) is 31.2 Å². The van der Waals surface area contributed by atoms with E-state index in [-0.39, 0.29) is 12.4 Å². The minimum absolute atomic E-state index is 0.170. The fourth-order valence-corrected chi connectivity index (χ4v) is 3.59. The van der Waals surface area contributed by atoms with E-state index in [0.29, 0.717) is 5.69 Å². The van der Waals surface area contributed by atoms with Crippen LogP contribution in [0, 0.1) is 6.92 Å². The van der Waals surface area contributed by atoms with Gasteiger partial charge in [-0.25, -0.2) is 0 Å². The molecular formula is C19H23N3O2S. The molecule has 2 N–H and O–H groups in total. The smallest absolute Gasteiger partial charge is 0.143 e. The molecule has 0 saturated carbocycles. The lowest BCUT2D eigenvalue weighted by atomic mass is 10.2. The van der Waals surface area contributed by atoms with Crippen molar-refractivity contribution in [2.24, 2.45) is 0 Å². The Kier molecular flexibility index (Phi) is 5.94. The molecule has 2 aromatic carbocycles. The molecule has 0 amide bonds. The molecule has 3 rings (SSSR count). The van der Waals surface area contributed by atoms with E-state index in [1.54, 1.807) is 6.07 Å². The average Bonchev–Trinajstić information content (AvgIpc) is 3.03. The maximum atomic E-state index is 10.1. The van der Waals surface area contributed by atoms with Gasteiger partial charge in [0.05, 0.1) is 0 Å². The highest BCUT2D eigenvalue weighted by Gasteiger charge is 2.09. The molecule has 0 saturated heterocycles. The van der Waals surface area contributed by atoms with Crippen molar-refractivity contribution >= 4 is 22.8 Å². The molecule has 0 bridgehead atoms. The van der Waals surface area contributed by atoms with Gasteiger partial charge < -0.3 is 10.2 Å². The van der Waals surface area contributed by atoms with Crippen molar-refractivity contribution in [1.82, 2.24) is 15.0 Å². The zero-order valence-electron chi connectivity index (χ0n) is 14.4. The van der Waals surface area contributed by atoms with Crippen molar-refractivity contribution in [2.45, 2.75) is 37.5 Å². The van der Waals surface area contributed by atoms with Gasteiger partial charge in [0.25, 0.3) is 0 Å². The molecule has 0 unspecified atom stereocenters. The number of nitrogens with zero attached hydrogens (tertiary/aromatic N) is 3. The number of rotatable bonds is 8. The van der Waals surface area contributed by atoms with Crippen molar-refractivity contribution in [1.29, 1.82) is 0 Å². The van der Waals surface area contributed by atoms with Crippen molar-refractivity contribution in [2.75, 3.05) is 12.4 Å². The molecule has 1 aromatic heterocycles. The third kappa shape index (κ3) is 4.52. The van der Waals surface area contributed by atoms with Gasteiger partial charge in [-0.15, -0.1) is 26.8 Å². The number of fused-ring (bicyclic) bond motifs is 1. The number of aliphatic hydroxyl groups excluding tert-OH is 1. The van der Waals surface area contributed by atoms with Crippen molar-refractivity contribution in [3.05, 3.63) is 42.0 Å². The highest BCUT2D eigenvalue weighted by molar-refractivity contribution is 7.99. The summed E-state index contributed by atoms with van der Waals surface area (Å²) in [6, 6.07) is 11.5. The Morgan fingerprint density at radius 3 is 2.60 bits per heavy atom. The number of hydrogen-bond donors (Lipinski definition) is 2. The zero-order valence-corrected chi connectivity index (χ0v) is 15.2. The molecule has 1 heterocycles. The normalized spacial score (nSPS) is 11.3. The van der Waals surface area contributed by atoms with Crippen molar-refractivity contribution in [3.63, 3.8) is 0 Å². The summed E-state index contributed by atoms with van der Waals surface area (Å²) in [4.78, 5) is 2.67. The molecule has 0 atom stereocenters. The van der Waals surface area contributed by atoms with Crippen molar-refractivity contribution < 1.29 is 10.2 Å². The predicted octanol–water partition coefficient (Wildman–Crippen LogP) is 4.08. The van der Waals surface area contributed by atoms with Crippen LogP contribution in [0.3, 0.4) is 0 Å². The maximum Gasteiger partial charge on any atom is 0.143 e. The number of hydrogen-bond acceptors (Lipinski definition) is 5. The fraction of sp³-hybridized carbons (Fsp3) is 0.368. The van der Waals surface area contributed by atoms with Crippen LogP contribution in [0.15, 0.2) is 41.3 Å². The third-order valence-corrected chi connectivity index (χ3v) is 5.10. The Morgan fingerprint density at radius 2 is 1.76 bits per heavy atom. The second kappa shape index (κ2) is 8.36. The number of benzene rings is 2. The van der Waals surface area contributed by atoms with Gasteiger partial charge in [0, 0.05) is 11.5 Å². The lowest BCUT2D eigenvalue weighted by molar-refractivity contribution is 0.283. The number of thioether (sulfide) groups is 1. The maximum absolute atomic E-state index is 10.1. The highest BCUT2D eigenvalue weighted by atomic mass is 32.2. The molecule has 0 aliphatic heterocycles. The summed E-state index contributed by atoms with van der Waals surface area (Å²) < 4.78 is 0. The first-order valence-corrected chi connectivity index (χ1v) is 9.57. The molecule has 0 aliphatic rings. The SMILES string of the molecule is Cc1ccc(O)c(-n2nc3ccc(SCCCCCCO)cc3n2)c1. The second-order valence-electron chi connectivity index (χ2n) is 6.12. The van der Waals surface area contributed by atoms with Crippen LogP contribution in [-0.4, -0.2) is 37.6 Å². The molecule has 0 fully saturated rings. The Bertz CT molecular complexity index is 848. The summed E-state index contributed by atoms with van der Waals surface area (Å²) in [7, 11) is 0. The van der Waals surface area contributed by atoms with Gasteiger partial charge in [-0.2, -0.15) is 0 Å². The van der Waals surface area contributed by atoms with E-state index in [1.165, 1.54) is 9.69 Å². The van der Waals surface area contributed by atoms with E-state index in [1.807, 2.05) is 43.0 Å². The largest absolute Gasteiger partial charge is 0.506 e. The van der Waals surface area contributed by atoms with E-state index >= 15 is 0 Å². The van der Waals surface area contributed by atoms with Gasteiger partial charge >= 0.3 is 0 Å². The molecule has 5 nitrogen and oxygen atoms in total. The van der Waals surface area contributed by atoms with E-state index in [9.17, 15) is 5.11 Å². The molecule has 132 valence electrons. The van der Waals surface area contributed by atoms with Crippen LogP contribution in [0.25, 0.3) is 16.7 Å². The van der Waals surface area contributed by atoms with Crippen molar-refractivity contribution in [3.8, 4) is 11.4 Å². The van der Waals surface area contributed by atoms with Gasteiger partial charge in [-0.3, -0.25) is 0 Å².